The predicted molar refractivity (Wildman–Crippen MR) is 449 cm³/mol. The van der Waals surface area contributed by atoms with E-state index in [-0.39, 0.29) is 46.0 Å². The van der Waals surface area contributed by atoms with Gasteiger partial charge in [-0.2, -0.15) is 0 Å². The number of rotatable bonds is 16. The number of aryl methyl sites for hydroxylation is 3. The molecule has 0 spiro atoms. The fraction of sp³-hybridized carbons (Fsp3) is 0.443. The summed E-state index contributed by atoms with van der Waals surface area (Å²) in [5.41, 5.74) is 20.4. The molecule has 4 aliphatic carbocycles. The third-order valence-electron chi connectivity index (χ3n) is 20.9. The molecule has 560 valence electrons. The monoisotopic (exact) mass is 1400 g/mol. The van der Waals surface area contributed by atoms with E-state index in [1.165, 1.54) is 105 Å². The van der Waals surface area contributed by atoms with E-state index in [1.54, 1.807) is 35.5 Å². The van der Waals surface area contributed by atoms with E-state index in [9.17, 15) is 0 Å². The second kappa shape index (κ2) is 40.8. The quantitative estimate of drug-likeness (QED) is 0.0961. The van der Waals surface area contributed by atoms with Crippen LogP contribution in [-0.2, 0) is 21.0 Å². The van der Waals surface area contributed by atoms with Gasteiger partial charge >= 0.3 is 0 Å². The molecule has 6 nitrogen and oxygen atoms in total. The molecule has 0 aromatic heterocycles. The molecule has 4 fully saturated rings. The molecule has 0 unspecified atom stereocenters. The van der Waals surface area contributed by atoms with Gasteiger partial charge in [0, 0.05) is 34.9 Å². The minimum atomic E-state index is 0. The van der Waals surface area contributed by atoms with Crippen molar-refractivity contribution in [2.45, 2.75) is 226 Å². The van der Waals surface area contributed by atoms with Gasteiger partial charge in [-0.3, -0.25) is 0 Å². The van der Waals surface area contributed by atoms with Crippen molar-refractivity contribution < 1.29 is 28.4 Å². The van der Waals surface area contributed by atoms with Crippen molar-refractivity contribution in [3.63, 3.8) is 0 Å². The Morgan fingerprint density at radius 3 is 1.04 bits per heavy atom. The van der Waals surface area contributed by atoms with Crippen LogP contribution in [-0.4, -0.2) is 48.3 Å². The Morgan fingerprint density at radius 1 is 0.369 bits per heavy atom. The van der Waals surface area contributed by atoms with Crippen molar-refractivity contribution in [1.29, 1.82) is 0 Å². The van der Waals surface area contributed by atoms with Crippen LogP contribution in [0.1, 0.15) is 227 Å². The van der Waals surface area contributed by atoms with Gasteiger partial charge in [0.2, 0.25) is 0 Å². The lowest BCUT2D eigenvalue weighted by molar-refractivity contribution is -0.145. The second-order valence-corrected chi connectivity index (χ2v) is 30.6. The lowest BCUT2D eigenvalue weighted by Crippen LogP contribution is -2.51. The lowest BCUT2D eigenvalue weighted by atomic mass is 9.54. The van der Waals surface area contributed by atoms with Crippen molar-refractivity contribution in [1.82, 2.24) is 0 Å². The van der Waals surface area contributed by atoms with Crippen LogP contribution >= 0.6 is 0 Å². The van der Waals surface area contributed by atoms with Gasteiger partial charge in [0.05, 0.1) is 41.2 Å². The Labute approximate surface area is 628 Å². The number of ether oxygens (including phenoxy) is 6. The van der Waals surface area contributed by atoms with Crippen LogP contribution in [0.4, 0.5) is 0 Å². The van der Waals surface area contributed by atoms with E-state index in [1.807, 2.05) is 55.6 Å². The average Bonchev–Trinajstić information content (AvgIpc) is 0.761. The molecule has 6 heteroatoms. The SMILES string of the molecule is C.C.C.C.CCC(C)(C)c1ccc(OC)c(C(C)(C)CC)c1.COC12CC3CC(CC(C3)C1)C2.COc1c(-c2ccccc2)cc(C(C)(C)C)cc1-c1ccccc1.COc1c(-c2ccccc2)cccc1-c1ccccc1.COc1c(C(C)C)cccc1C(C)C.COc1c(C)cc(C)cc1C. The summed E-state index contributed by atoms with van der Waals surface area (Å²) in [6, 6.07) is 69.7. The summed E-state index contributed by atoms with van der Waals surface area (Å²) in [4.78, 5) is 0. The highest BCUT2D eigenvalue weighted by atomic mass is 16.5. The van der Waals surface area contributed by atoms with Crippen molar-refractivity contribution in [3.05, 3.63) is 245 Å². The second-order valence-electron chi connectivity index (χ2n) is 30.6. The zero-order valence-corrected chi connectivity index (χ0v) is 64.5. The molecule has 9 aromatic rings. The van der Waals surface area contributed by atoms with E-state index in [2.05, 4.69) is 262 Å². The summed E-state index contributed by atoms with van der Waals surface area (Å²) in [6.07, 6.45) is 10.9. The summed E-state index contributed by atoms with van der Waals surface area (Å²) in [6.45, 7) is 35.4. The highest BCUT2D eigenvalue weighted by molar-refractivity contribution is 5.84. The molecule has 0 aliphatic heterocycles. The maximum atomic E-state index is 5.85. The molecule has 4 aliphatic rings. The van der Waals surface area contributed by atoms with Gasteiger partial charge in [0.25, 0.3) is 0 Å². The minimum absolute atomic E-state index is 0. The first-order valence-corrected chi connectivity index (χ1v) is 36.3. The summed E-state index contributed by atoms with van der Waals surface area (Å²) < 4.78 is 33.6. The van der Waals surface area contributed by atoms with Crippen LogP contribution in [0, 0.1) is 38.5 Å². The van der Waals surface area contributed by atoms with Gasteiger partial charge in [-0.25, -0.2) is 0 Å². The topological polar surface area (TPSA) is 55.4 Å². The molecule has 0 heterocycles. The van der Waals surface area contributed by atoms with Gasteiger partial charge in [0.1, 0.15) is 28.7 Å². The van der Waals surface area contributed by atoms with Crippen LogP contribution in [0.2, 0.25) is 0 Å². The highest BCUT2D eigenvalue weighted by Crippen LogP contribution is 2.57. The maximum Gasteiger partial charge on any atom is 0.134 e. The molecular weight excluding hydrogens is 1260 g/mol. The molecule has 0 N–H and O–H groups in total. The Morgan fingerprint density at radius 2 is 0.718 bits per heavy atom. The average molecular weight is 1400 g/mol. The van der Waals surface area contributed by atoms with E-state index < -0.39 is 0 Å². The number of methoxy groups -OCH3 is 6. The molecule has 13 rings (SSSR count). The smallest absolute Gasteiger partial charge is 0.134 e. The van der Waals surface area contributed by atoms with Crippen molar-refractivity contribution in [3.8, 4) is 73.3 Å². The van der Waals surface area contributed by atoms with Crippen molar-refractivity contribution >= 4 is 0 Å². The zero-order chi connectivity index (χ0) is 72.2. The van der Waals surface area contributed by atoms with Crippen molar-refractivity contribution in [2.75, 3.05) is 42.7 Å². The third-order valence-corrected chi connectivity index (χ3v) is 20.9. The van der Waals surface area contributed by atoms with Crippen LogP contribution in [0.3, 0.4) is 0 Å². The lowest BCUT2D eigenvalue weighted by Gasteiger charge is -2.55. The number of hydrogen-bond acceptors (Lipinski definition) is 6. The Bertz CT molecular complexity index is 3730. The molecule has 0 atom stereocenters. The molecule has 0 amide bonds. The summed E-state index contributed by atoms with van der Waals surface area (Å²) in [5, 5.41) is 0. The number of benzene rings is 9. The Hall–Kier alpha value is -8.06. The van der Waals surface area contributed by atoms with Crippen LogP contribution in [0.15, 0.2) is 200 Å². The molecule has 0 saturated heterocycles. The Balaban J connectivity index is 0.000000325. The summed E-state index contributed by atoms with van der Waals surface area (Å²) in [7, 11) is 10.6. The summed E-state index contributed by atoms with van der Waals surface area (Å²) >= 11 is 0. The molecule has 4 saturated carbocycles. The Kier molecular flexibility index (Phi) is 35.4. The first-order valence-electron chi connectivity index (χ1n) is 36.3. The third kappa shape index (κ3) is 23.2. The van der Waals surface area contributed by atoms with Crippen LogP contribution in [0.25, 0.3) is 44.5 Å². The fourth-order valence-electron chi connectivity index (χ4n) is 14.9. The normalized spacial score (nSPS) is 15.9. The standard InChI is InChI=1S/C23H24O.C19H16O.C17H28O.C13H20O.C11H18O.C10H14O.4CH4/c1-23(2,3)19-15-20(17-11-7-5-8-12-17)22(24-4)21(16-19)18-13-9-6-10-14-18;1-20-19-17(15-9-4-2-5-10-15)13-8-14-18(19)16-11-6-3-7-12-16;1-8-16(3,4)13-10-11-15(18-7)14(12-13)17(5,6)9-2;1-9(2)11-7-6-8-12(10(3)4)13(11)14-5;1-12-11-5-8-2-9(6-11)4-10(3-8)7-11;1-7-5-8(2)10(11-4)9(3)6-7;;;;/h5-16H,1-4H3;2-14H,1H3;10-12H,8-9H2,1-7H3;6-10H,1-5H3;8-10H,2-7H2,1H3;5-6H,1-4H3;4*1H4. The number of hydrogen-bond donors (Lipinski definition) is 0. The fourth-order valence-corrected chi connectivity index (χ4v) is 14.9. The van der Waals surface area contributed by atoms with Gasteiger partial charge in [0.15, 0.2) is 0 Å². The highest BCUT2D eigenvalue weighted by Gasteiger charge is 2.51. The van der Waals surface area contributed by atoms with Crippen LogP contribution < -0.4 is 23.7 Å². The van der Waals surface area contributed by atoms with Gasteiger partial charge in [-0.05, 0) is 192 Å². The first-order chi connectivity index (χ1) is 47.2. The van der Waals surface area contributed by atoms with Crippen LogP contribution in [0.5, 0.6) is 28.7 Å². The molecule has 9 aromatic carbocycles. The maximum absolute atomic E-state index is 5.85. The predicted octanol–water partition coefficient (Wildman–Crippen LogP) is 28.1. The van der Waals surface area contributed by atoms with Gasteiger partial charge < -0.3 is 28.4 Å². The molecular formula is C97H136O6. The van der Waals surface area contributed by atoms with E-state index in [0.717, 1.165) is 81.6 Å². The molecule has 0 radical (unpaired) electrons. The summed E-state index contributed by atoms with van der Waals surface area (Å²) in [5.74, 6) is 9.05. The molecule has 4 bridgehead atoms. The molecule has 103 heavy (non-hydrogen) atoms. The van der Waals surface area contributed by atoms with E-state index >= 15 is 0 Å². The van der Waals surface area contributed by atoms with E-state index in [4.69, 9.17) is 28.4 Å². The minimum Gasteiger partial charge on any atom is -0.496 e. The van der Waals surface area contributed by atoms with E-state index in [0.29, 0.717) is 17.4 Å². The largest absolute Gasteiger partial charge is 0.496 e. The van der Waals surface area contributed by atoms with Gasteiger partial charge in [-0.1, -0.05) is 307 Å². The zero-order valence-electron chi connectivity index (χ0n) is 64.5. The first kappa shape index (κ1) is 89.2. The number of para-hydroxylation sites is 2. The van der Waals surface area contributed by atoms with Crippen molar-refractivity contribution in [2.24, 2.45) is 17.8 Å². The van der Waals surface area contributed by atoms with Gasteiger partial charge in [-0.15, -0.1) is 0 Å².